The van der Waals surface area contributed by atoms with E-state index in [4.69, 9.17) is 4.42 Å². The summed E-state index contributed by atoms with van der Waals surface area (Å²) in [5.74, 6) is -0.934. The smallest absolute Gasteiger partial charge is 0.395 e. The Morgan fingerprint density at radius 1 is 1.29 bits per heavy atom. The summed E-state index contributed by atoms with van der Waals surface area (Å²) in [5.41, 5.74) is 2.34. The lowest BCUT2D eigenvalue weighted by Gasteiger charge is -2.08. The topological polar surface area (TPSA) is 90.3 Å². The molecule has 1 N–H and O–H groups in total. The van der Waals surface area contributed by atoms with Gasteiger partial charge in [0.15, 0.2) is 5.76 Å². The number of hydrogen-bond donors (Lipinski definition) is 1. The predicted octanol–water partition coefficient (Wildman–Crippen LogP) is 3.27. The second kappa shape index (κ2) is 6.57. The molecule has 124 valence electrons. The van der Waals surface area contributed by atoms with Gasteiger partial charge in [-0.25, -0.2) is 0 Å². The summed E-state index contributed by atoms with van der Waals surface area (Å²) in [6.07, 6.45) is 0.744. The van der Waals surface area contributed by atoms with E-state index < -0.39 is 16.7 Å². The van der Waals surface area contributed by atoms with Crippen molar-refractivity contribution in [3.63, 3.8) is 0 Å². The Kier molecular flexibility index (Phi) is 4.33. The number of aromatic nitrogens is 1. The third-order valence-corrected chi connectivity index (χ3v) is 3.86. The molecule has 0 saturated carbocycles. The molecule has 0 atom stereocenters. The number of amides is 1. The van der Waals surface area contributed by atoms with Crippen LogP contribution in [0.5, 0.6) is 0 Å². The van der Waals surface area contributed by atoms with Crippen molar-refractivity contribution in [2.24, 2.45) is 0 Å². The van der Waals surface area contributed by atoms with Gasteiger partial charge in [0.25, 0.3) is 5.91 Å². The Labute approximate surface area is 138 Å². The third kappa shape index (κ3) is 3.15. The van der Waals surface area contributed by atoms with Gasteiger partial charge < -0.3 is 14.3 Å². The van der Waals surface area contributed by atoms with E-state index in [1.165, 1.54) is 28.7 Å². The Balaban J connectivity index is 1.55. The van der Waals surface area contributed by atoms with Gasteiger partial charge in [0.05, 0.1) is 6.07 Å². The van der Waals surface area contributed by atoms with Gasteiger partial charge in [-0.15, -0.1) is 0 Å². The molecule has 0 radical (unpaired) electrons. The lowest BCUT2D eigenvalue weighted by atomic mass is 10.2. The van der Waals surface area contributed by atoms with Crippen LogP contribution in [0.3, 0.4) is 0 Å². The Morgan fingerprint density at radius 2 is 2.08 bits per heavy atom. The molecule has 0 aliphatic heterocycles. The minimum absolute atomic E-state index is 0.0516. The summed E-state index contributed by atoms with van der Waals surface area (Å²) in [5, 5.41) is 14.5. The number of benzene rings is 1. The number of carbonyl (C=O) groups excluding carboxylic acids is 1. The highest BCUT2D eigenvalue weighted by Gasteiger charge is 2.16. The maximum Gasteiger partial charge on any atom is 0.433 e. The third-order valence-electron chi connectivity index (χ3n) is 3.86. The Bertz CT molecular complexity index is 894. The zero-order valence-corrected chi connectivity index (χ0v) is 13.2. The van der Waals surface area contributed by atoms with Crippen LogP contribution < -0.4 is 5.32 Å². The maximum absolute atomic E-state index is 11.9. The van der Waals surface area contributed by atoms with E-state index in [1.807, 2.05) is 12.1 Å². The van der Waals surface area contributed by atoms with Crippen molar-refractivity contribution in [1.29, 1.82) is 0 Å². The average molecular weight is 327 g/mol. The number of furan rings is 1. The van der Waals surface area contributed by atoms with E-state index in [9.17, 15) is 14.9 Å². The van der Waals surface area contributed by atoms with E-state index in [0.717, 1.165) is 13.0 Å². The van der Waals surface area contributed by atoms with Gasteiger partial charge in [0, 0.05) is 24.3 Å². The molecule has 0 bridgehead atoms. The van der Waals surface area contributed by atoms with Crippen molar-refractivity contribution >= 4 is 22.7 Å². The number of carbonyl (C=O) groups is 1. The number of aryl methyl sites for hydroxylation is 2. The normalized spacial score (nSPS) is 10.9. The van der Waals surface area contributed by atoms with Crippen molar-refractivity contribution < 1.29 is 14.1 Å². The molecule has 3 aromatic rings. The van der Waals surface area contributed by atoms with Crippen molar-refractivity contribution in [2.75, 3.05) is 6.54 Å². The van der Waals surface area contributed by atoms with Gasteiger partial charge in [-0.3, -0.25) is 14.9 Å². The summed E-state index contributed by atoms with van der Waals surface area (Å²) in [7, 11) is 0. The maximum atomic E-state index is 11.9. The predicted molar refractivity (Wildman–Crippen MR) is 89.0 cm³/mol. The van der Waals surface area contributed by atoms with Crippen LogP contribution in [0.2, 0.25) is 0 Å². The lowest BCUT2D eigenvalue weighted by Crippen LogP contribution is -2.24. The summed E-state index contributed by atoms with van der Waals surface area (Å²) < 4.78 is 7.08. The molecular weight excluding hydrogens is 310 g/mol. The fraction of sp³-hybridized carbons (Fsp3) is 0.235. The molecule has 2 heterocycles. The van der Waals surface area contributed by atoms with Crippen LogP contribution in [0.15, 0.2) is 46.9 Å². The summed E-state index contributed by atoms with van der Waals surface area (Å²) in [6.45, 7) is 3.29. The fourth-order valence-corrected chi connectivity index (χ4v) is 2.72. The average Bonchev–Trinajstić information content (AvgIpc) is 3.16. The molecule has 0 fully saturated rings. The quantitative estimate of drug-likeness (QED) is 0.427. The first-order valence-corrected chi connectivity index (χ1v) is 7.63. The first kappa shape index (κ1) is 15.8. The van der Waals surface area contributed by atoms with Gasteiger partial charge in [-0.2, -0.15) is 0 Å². The zero-order valence-electron chi connectivity index (χ0n) is 13.2. The highest BCUT2D eigenvalue weighted by atomic mass is 16.6. The van der Waals surface area contributed by atoms with Crippen molar-refractivity contribution in [3.8, 4) is 0 Å². The number of para-hydroxylation sites is 1. The number of fused-ring (bicyclic) bond motifs is 1. The van der Waals surface area contributed by atoms with Crippen LogP contribution >= 0.6 is 0 Å². The highest BCUT2D eigenvalue weighted by Crippen LogP contribution is 2.19. The SMILES string of the molecule is Cc1cc2ccccc2n1CCCNC(=O)c1ccc([N+](=O)[O-])o1. The van der Waals surface area contributed by atoms with E-state index in [0.29, 0.717) is 6.54 Å². The lowest BCUT2D eigenvalue weighted by molar-refractivity contribution is -0.402. The van der Waals surface area contributed by atoms with Gasteiger partial charge >= 0.3 is 5.88 Å². The Morgan fingerprint density at radius 3 is 2.83 bits per heavy atom. The van der Waals surface area contributed by atoms with E-state index in [-0.39, 0.29) is 5.76 Å². The molecule has 1 amide bonds. The van der Waals surface area contributed by atoms with Crippen LogP contribution in [-0.2, 0) is 6.54 Å². The minimum Gasteiger partial charge on any atom is -0.395 e. The van der Waals surface area contributed by atoms with E-state index in [2.05, 4.69) is 35.0 Å². The van der Waals surface area contributed by atoms with Gasteiger partial charge in [0.2, 0.25) is 0 Å². The van der Waals surface area contributed by atoms with Crippen LogP contribution in [-0.4, -0.2) is 21.9 Å². The van der Waals surface area contributed by atoms with Crippen LogP contribution in [0.1, 0.15) is 22.7 Å². The standard InChI is InChI=1S/C17H17N3O4/c1-12-11-13-5-2-3-6-14(13)19(12)10-4-9-18-17(21)15-7-8-16(24-15)20(22)23/h2-3,5-8,11H,4,9-10H2,1H3,(H,18,21). The van der Waals surface area contributed by atoms with Crippen LogP contribution in [0.4, 0.5) is 5.88 Å². The van der Waals surface area contributed by atoms with Crippen LogP contribution in [0.25, 0.3) is 10.9 Å². The first-order chi connectivity index (χ1) is 11.6. The zero-order chi connectivity index (χ0) is 17.1. The second-order valence-corrected chi connectivity index (χ2v) is 5.50. The number of nitrogens with one attached hydrogen (secondary N) is 1. The molecule has 0 spiro atoms. The number of rotatable bonds is 6. The summed E-state index contributed by atoms with van der Waals surface area (Å²) >= 11 is 0. The molecule has 7 heteroatoms. The monoisotopic (exact) mass is 327 g/mol. The van der Waals surface area contributed by atoms with Crippen molar-refractivity contribution in [3.05, 3.63) is 64.0 Å². The molecule has 1 aromatic carbocycles. The fourth-order valence-electron chi connectivity index (χ4n) is 2.72. The highest BCUT2D eigenvalue weighted by molar-refractivity contribution is 5.91. The molecule has 0 saturated heterocycles. The van der Waals surface area contributed by atoms with Gasteiger partial charge in [-0.05, 0) is 36.9 Å². The molecule has 0 unspecified atom stereocenters. The van der Waals surface area contributed by atoms with Gasteiger partial charge in [0.1, 0.15) is 4.92 Å². The molecule has 24 heavy (non-hydrogen) atoms. The molecular formula is C17H17N3O4. The first-order valence-electron chi connectivity index (χ1n) is 7.63. The Hall–Kier alpha value is -3.09. The molecule has 7 nitrogen and oxygen atoms in total. The van der Waals surface area contributed by atoms with E-state index in [1.54, 1.807) is 0 Å². The minimum atomic E-state index is -0.670. The molecule has 0 aliphatic carbocycles. The number of hydrogen-bond acceptors (Lipinski definition) is 4. The summed E-state index contributed by atoms with van der Waals surface area (Å²) in [6, 6.07) is 12.8. The summed E-state index contributed by atoms with van der Waals surface area (Å²) in [4.78, 5) is 21.8. The molecule has 0 aliphatic rings. The second-order valence-electron chi connectivity index (χ2n) is 5.50. The van der Waals surface area contributed by atoms with Crippen molar-refractivity contribution in [2.45, 2.75) is 19.9 Å². The number of nitrogens with zero attached hydrogens (tertiary/aromatic N) is 2. The van der Waals surface area contributed by atoms with Crippen molar-refractivity contribution in [1.82, 2.24) is 9.88 Å². The molecule has 2 aromatic heterocycles. The number of nitro groups is 1. The molecule has 3 rings (SSSR count). The van der Waals surface area contributed by atoms with Crippen LogP contribution in [0, 0.1) is 17.0 Å². The van der Waals surface area contributed by atoms with E-state index >= 15 is 0 Å². The largest absolute Gasteiger partial charge is 0.433 e. The van der Waals surface area contributed by atoms with Gasteiger partial charge in [-0.1, -0.05) is 18.2 Å².